The molecule has 4 atom stereocenters. The molecule has 10 N–H and O–H groups in total. The Kier molecular flexibility index (Phi) is 13.8. The van der Waals surface area contributed by atoms with E-state index in [1.807, 2.05) is 6.92 Å². The van der Waals surface area contributed by atoms with Gasteiger partial charge in [-0.3, -0.25) is 19.2 Å². The standard InChI is InChI=1S/C19H36N6O6/c1-3-11(2)16(25-17(28)12(21)6-4-5-9-20)18(29)23-10-15(27)24-13(19(30)31)7-8-14(22)26/h11-13,16H,3-10,20-21H2,1-2H3,(H2,22,26)(H,23,29)(H,24,27)(H,25,28)(H,30,31). The van der Waals surface area contributed by atoms with E-state index in [1.165, 1.54) is 0 Å². The van der Waals surface area contributed by atoms with E-state index >= 15 is 0 Å². The van der Waals surface area contributed by atoms with E-state index in [2.05, 4.69) is 16.0 Å². The number of aliphatic carboxylic acids is 1. The summed E-state index contributed by atoms with van der Waals surface area (Å²) in [6.07, 6.45) is 2.06. The van der Waals surface area contributed by atoms with E-state index in [-0.39, 0.29) is 18.8 Å². The largest absolute Gasteiger partial charge is 0.480 e. The fraction of sp³-hybridized carbons (Fsp3) is 0.737. The second-order valence-electron chi connectivity index (χ2n) is 7.44. The van der Waals surface area contributed by atoms with Crippen molar-refractivity contribution in [1.82, 2.24) is 16.0 Å². The number of carbonyl (C=O) groups is 5. The van der Waals surface area contributed by atoms with Crippen LogP contribution in [-0.2, 0) is 24.0 Å². The molecule has 0 saturated carbocycles. The molecule has 4 unspecified atom stereocenters. The van der Waals surface area contributed by atoms with Crippen molar-refractivity contribution in [2.24, 2.45) is 23.1 Å². The van der Waals surface area contributed by atoms with Crippen molar-refractivity contribution in [2.75, 3.05) is 13.1 Å². The van der Waals surface area contributed by atoms with Gasteiger partial charge in [-0.2, -0.15) is 0 Å². The van der Waals surface area contributed by atoms with Gasteiger partial charge in [0.25, 0.3) is 0 Å². The third-order valence-corrected chi connectivity index (χ3v) is 4.84. The van der Waals surface area contributed by atoms with Crippen molar-refractivity contribution >= 4 is 29.6 Å². The minimum Gasteiger partial charge on any atom is -0.480 e. The Morgan fingerprint density at radius 2 is 1.65 bits per heavy atom. The first kappa shape index (κ1) is 28.3. The van der Waals surface area contributed by atoms with E-state index in [1.54, 1.807) is 6.92 Å². The zero-order chi connectivity index (χ0) is 24.0. The Labute approximate surface area is 182 Å². The molecule has 31 heavy (non-hydrogen) atoms. The molecule has 0 aliphatic heterocycles. The number of carbonyl (C=O) groups excluding carboxylic acids is 4. The summed E-state index contributed by atoms with van der Waals surface area (Å²) in [5, 5.41) is 16.4. The highest BCUT2D eigenvalue weighted by Crippen LogP contribution is 2.09. The smallest absolute Gasteiger partial charge is 0.326 e. The third-order valence-electron chi connectivity index (χ3n) is 4.84. The van der Waals surface area contributed by atoms with Crippen LogP contribution in [0.1, 0.15) is 52.4 Å². The molecule has 0 aliphatic rings. The summed E-state index contributed by atoms with van der Waals surface area (Å²) in [5.74, 6) is -4.06. The first-order valence-electron chi connectivity index (χ1n) is 10.4. The van der Waals surface area contributed by atoms with Crippen LogP contribution in [0.2, 0.25) is 0 Å². The molecule has 0 aliphatic carbocycles. The summed E-state index contributed by atoms with van der Waals surface area (Å²) in [4.78, 5) is 58.9. The molecule has 12 heteroatoms. The molecule has 0 aromatic carbocycles. The van der Waals surface area contributed by atoms with Crippen molar-refractivity contribution in [1.29, 1.82) is 0 Å². The molecule has 0 spiro atoms. The number of carboxylic acids is 1. The van der Waals surface area contributed by atoms with Crippen LogP contribution in [0.15, 0.2) is 0 Å². The van der Waals surface area contributed by atoms with Gasteiger partial charge in [0.2, 0.25) is 23.6 Å². The van der Waals surface area contributed by atoms with Gasteiger partial charge in [0.15, 0.2) is 0 Å². The third kappa shape index (κ3) is 11.9. The first-order chi connectivity index (χ1) is 14.5. The number of carboxylic acid groups (broad SMARTS) is 1. The molecule has 0 saturated heterocycles. The lowest BCUT2D eigenvalue weighted by molar-refractivity contribution is -0.142. The number of amides is 4. The molecule has 4 amide bonds. The van der Waals surface area contributed by atoms with Gasteiger partial charge in [-0.25, -0.2) is 4.79 Å². The van der Waals surface area contributed by atoms with Crippen LogP contribution in [0.25, 0.3) is 0 Å². The Morgan fingerprint density at radius 1 is 1.00 bits per heavy atom. The number of hydrogen-bond donors (Lipinski definition) is 7. The van der Waals surface area contributed by atoms with Crippen LogP contribution in [0, 0.1) is 5.92 Å². The van der Waals surface area contributed by atoms with E-state index in [9.17, 15) is 24.0 Å². The molecule has 0 aromatic rings. The molecule has 0 bridgehead atoms. The lowest BCUT2D eigenvalue weighted by Gasteiger charge is -2.25. The monoisotopic (exact) mass is 444 g/mol. The molecule has 0 rings (SSSR count). The SMILES string of the molecule is CCC(C)C(NC(=O)C(N)CCCCN)C(=O)NCC(=O)NC(CCC(N)=O)C(=O)O. The zero-order valence-electron chi connectivity index (χ0n) is 18.2. The highest BCUT2D eigenvalue weighted by molar-refractivity contribution is 5.92. The minimum absolute atomic E-state index is 0.169. The molecule has 0 aromatic heterocycles. The topological polar surface area (TPSA) is 220 Å². The summed E-state index contributed by atoms with van der Waals surface area (Å²) in [7, 11) is 0. The molecule has 0 heterocycles. The quantitative estimate of drug-likeness (QED) is 0.131. The predicted molar refractivity (Wildman–Crippen MR) is 113 cm³/mol. The number of nitrogens with two attached hydrogens (primary N) is 3. The van der Waals surface area contributed by atoms with Gasteiger partial charge in [-0.15, -0.1) is 0 Å². The second kappa shape index (κ2) is 15.1. The van der Waals surface area contributed by atoms with Crippen LogP contribution in [0.5, 0.6) is 0 Å². The van der Waals surface area contributed by atoms with Gasteiger partial charge in [-0.05, 0) is 31.7 Å². The highest BCUT2D eigenvalue weighted by atomic mass is 16.4. The maximum absolute atomic E-state index is 12.6. The minimum atomic E-state index is -1.32. The van der Waals surface area contributed by atoms with Crippen LogP contribution in [-0.4, -0.2) is 65.9 Å². The highest BCUT2D eigenvalue weighted by Gasteiger charge is 2.28. The second-order valence-corrected chi connectivity index (χ2v) is 7.44. The van der Waals surface area contributed by atoms with Gasteiger partial charge < -0.3 is 38.3 Å². The summed E-state index contributed by atoms with van der Waals surface area (Å²) in [6, 6.07) is -3.00. The van der Waals surface area contributed by atoms with Gasteiger partial charge in [0.1, 0.15) is 12.1 Å². The Bertz CT molecular complexity index is 629. The van der Waals surface area contributed by atoms with Gasteiger partial charge >= 0.3 is 5.97 Å². The summed E-state index contributed by atoms with van der Waals surface area (Å²) >= 11 is 0. The summed E-state index contributed by atoms with van der Waals surface area (Å²) < 4.78 is 0. The average molecular weight is 445 g/mol. The van der Waals surface area contributed by atoms with Crippen LogP contribution < -0.4 is 33.2 Å². The Balaban J connectivity index is 4.82. The number of hydrogen-bond acceptors (Lipinski definition) is 7. The lowest BCUT2D eigenvalue weighted by atomic mass is 9.97. The molecular weight excluding hydrogens is 408 g/mol. The lowest BCUT2D eigenvalue weighted by Crippen LogP contribution is -2.55. The maximum atomic E-state index is 12.6. The summed E-state index contributed by atoms with van der Waals surface area (Å²) in [6.45, 7) is 3.63. The maximum Gasteiger partial charge on any atom is 0.326 e. The molecule has 0 fully saturated rings. The fourth-order valence-corrected chi connectivity index (χ4v) is 2.67. The van der Waals surface area contributed by atoms with E-state index in [4.69, 9.17) is 22.3 Å². The van der Waals surface area contributed by atoms with Crippen LogP contribution in [0.3, 0.4) is 0 Å². The molecule has 12 nitrogen and oxygen atoms in total. The van der Waals surface area contributed by atoms with Crippen molar-refractivity contribution < 1.29 is 29.1 Å². The normalized spacial score (nSPS) is 14.6. The van der Waals surface area contributed by atoms with E-state index < -0.39 is 54.3 Å². The predicted octanol–water partition coefficient (Wildman–Crippen LogP) is -2.08. The number of rotatable bonds is 16. The van der Waals surface area contributed by atoms with E-state index in [0.29, 0.717) is 25.8 Å². The number of unbranched alkanes of at least 4 members (excludes halogenated alkanes) is 1. The number of primary amides is 1. The first-order valence-corrected chi connectivity index (χ1v) is 10.4. The zero-order valence-corrected chi connectivity index (χ0v) is 18.2. The van der Waals surface area contributed by atoms with E-state index in [0.717, 1.165) is 6.42 Å². The van der Waals surface area contributed by atoms with Crippen molar-refractivity contribution in [3.8, 4) is 0 Å². The van der Waals surface area contributed by atoms with Gasteiger partial charge in [-0.1, -0.05) is 26.7 Å². The van der Waals surface area contributed by atoms with Crippen LogP contribution in [0.4, 0.5) is 0 Å². The van der Waals surface area contributed by atoms with Crippen LogP contribution >= 0.6 is 0 Å². The summed E-state index contributed by atoms with van der Waals surface area (Å²) in [5.41, 5.74) is 16.3. The Hall–Kier alpha value is -2.73. The van der Waals surface area contributed by atoms with Crippen molar-refractivity contribution in [2.45, 2.75) is 70.5 Å². The molecule has 0 radical (unpaired) electrons. The van der Waals surface area contributed by atoms with Crippen molar-refractivity contribution in [3.63, 3.8) is 0 Å². The number of nitrogens with one attached hydrogen (secondary N) is 3. The fourth-order valence-electron chi connectivity index (χ4n) is 2.67. The van der Waals surface area contributed by atoms with Crippen molar-refractivity contribution in [3.05, 3.63) is 0 Å². The molecular formula is C19H36N6O6. The average Bonchev–Trinajstić information content (AvgIpc) is 2.71. The molecule has 178 valence electrons. The van der Waals surface area contributed by atoms with Gasteiger partial charge in [0, 0.05) is 6.42 Å². The van der Waals surface area contributed by atoms with Gasteiger partial charge in [0.05, 0.1) is 12.6 Å². The Morgan fingerprint density at radius 3 is 2.16 bits per heavy atom.